The van der Waals surface area contributed by atoms with Gasteiger partial charge < -0.3 is 10.4 Å². The molecular weight excluding hydrogens is 312 g/mol. The van der Waals surface area contributed by atoms with Gasteiger partial charge in [-0.1, -0.05) is 31.5 Å². The summed E-state index contributed by atoms with van der Waals surface area (Å²) >= 11 is 1.73. The minimum Gasteiger partial charge on any atom is -0.481 e. The zero-order valence-electron chi connectivity index (χ0n) is 15.1. The monoisotopic (exact) mass is 344 g/mol. The molecule has 0 spiro atoms. The van der Waals surface area contributed by atoms with Gasteiger partial charge in [-0.3, -0.25) is 4.79 Å². The highest BCUT2D eigenvalue weighted by Gasteiger charge is 2.22. The Labute approximate surface area is 144 Å². The molecule has 0 saturated heterocycles. The maximum absolute atomic E-state index is 10.4. The summed E-state index contributed by atoms with van der Waals surface area (Å²) in [6, 6.07) is 0. The SMILES string of the molecule is CCC(C)(C)n1ncnc1SCCCCCCC(=O)O.CNC. The van der Waals surface area contributed by atoms with Crippen molar-refractivity contribution in [3.05, 3.63) is 6.33 Å². The van der Waals surface area contributed by atoms with Crippen LogP contribution in [0.3, 0.4) is 0 Å². The van der Waals surface area contributed by atoms with E-state index in [2.05, 4.69) is 36.2 Å². The van der Waals surface area contributed by atoms with E-state index in [1.807, 2.05) is 18.8 Å². The van der Waals surface area contributed by atoms with Crippen molar-refractivity contribution < 1.29 is 9.90 Å². The number of carbonyl (C=O) groups is 1. The number of thioether (sulfide) groups is 1. The molecular formula is C16H32N4O2S. The fourth-order valence-corrected chi connectivity index (χ4v) is 2.86. The van der Waals surface area contributed by atoms with Gasteiger partial charge in [-0.05, 0) is 47.2 Å². The molecule has 0 aromatic carbocycles. The van der Waals surface area contributed by atoms with Gasteiger partial charge in [-0.15, -0.1) is 0 Å². The maximum atomic E-state index is 10.4. The first-order valence-electron chi connectivity index (χ1n) is 8.22. The van der Waals surface area contributed by atoms with Gasteiger partial charge >= 0.3 is 5.97 Å². The van der Waals surface area contributed by atoms with Gasteiger partial charge in [0.15, 0.2) is 5.16 Å². The molecule has 0 fully saturated rings. The van der Waals surface area contributed by atoms with Gasteiger partial charge in [0.2, 0.25) is 0 Å². The largest absolute Gasteiger partial charge is 0.481 e. The fraction of sp³-hybridized carbons (Fsp3) is 0.812. The number of unbranched alkanes of at least 4 members (excludes halogenated alkanes) is 3. The summed E-state index contributed by atoms with van der Waals surface area (Å²) in [6.07, 6.45) is 6.84. The number of aromatic nitrogens is 3. The topological polar surface area (TPSA) is 80.0 Å². The molecule has 0 saturated carbocycles. The number of nitrogens with zero attached hydrogens (tertiary/aromatic N) is 3. The van der Waals surface area contributed by atoms with E-state index in [-0.39, 0.29) is 12.0 Å². The predicted octanol–water partition coefficient (Wildman–Crippen LogP) is 3.39. The molecule has 0 aliphatic rings. The second-order valence-electron chi connectivity index (χ2n) is 6.03. The number of rotatable bonds is 10. The lowest BCUT2D eigenvalue weighted by Gasteiger charge is -2.24. The third-order valence-corrected chi connectivity index (χ3v) is 4.50. The molecule has 7 heteroatoms. The number of carboxylic acid groups (broad SMARTS) is 1. The molecule has 1 aromatic rings. The summed E-state index contributed by atoms with van der Waals surface area (Å²) in [4.78, 5) is 14.7. The third kappa shape index (κ3) is 9.61. The van der Waals surface area contributed by atoms with Crippen LogP contribution in [0.4, 0.5) is 0 Å². The average molecular weight is 345 g/mol. The van der Waals surface area contributed by atoms with Crippen LogP contribution in [0.1, 0.15) is 59.3 Å². The smallest absolute Gasteiger partial charge is 0.303 e. The van der Waals surface area contributed by atoms with Gasteiger partial charge in [-0.25, -0.2) is 9.67 Å². The van der Waals surface area contributed by atoms with Gasteiger partial charge in [0.05, 0.1) is 5.54 Å². The van der Waals surface area contributed by atoms with E-state index < -0.39 is 5.97 Å². The molecule has 23 heavy (non-hydrogen) atoms. The van der Waals surface area contributed by atoms with E-state index in [1.165, 1.54) is 0 Å². The van der Waals surface area contributed by atoms with Crippen LogP contribution in [0.25, 0.3) is 0 Å². The number of hydrogen-bond donors (Lipinski definition) is 2. The highest BCUT2D eigenvalue weighted by Crippen LogP contribution is 2.25. The normalized spacial score (nSPS) is 11.0. The maximum Gasteiger partial charge on any atom is 0.303 e. The van der Waals surface area contributed by atoms with Gasteiger partial charge in [-0.2, -0.15) is 5.10 Å². The van der Waals surface area contributed by atoms with Crippen LogP contribution in [0.15, 0.2) is 11.5 Å². The van der Waals surface area contributed by atoms with Crippen LogP contribution in [0, 0.1) is 0 Å². The Morgan fingerprint density at radius 2 is 1.91 bits per heavy atom. The van der Waals surface area contributed by atoms with Crippen molar-refractivity contribution in [2.24, 2.45) is 0 Å². The van der Waals surface area contributed by atoms with Crippen LogP contribution in [0.5, 0.6) is 0 Å². The Balaban J connectivity index is 0.00000149. The standard InChI is InChI=1S/C14H25N3O2S.C2H7N/c1-4-14(2,3)17-13(15-11-16-17)20-10-8-6-5-7-9-12(18)19;1-3-2/h11H,4-10H2,1-3H3,(H,18,19);3H,1-2H3. The molecule has 1 aromatic heterocycles. The third-order valence-electron chi connectivity index (χ3n) is 3.47. The molecule has 1 rings (SSSR count). The molecule has 0 aliphatic carbocycles. The lowest BCUT2D eigenvalue weighted by Crippen LogP contribution is -2.27. The van der Waals surface area contributed by atoms with E-state index in [4.69, 9.17) is 5.11 Å². The van der Waals surface area contributed by atoms with Crippen molar-refractivity contribution in [3.63, 3.8) is 0 Å². The molecule has 6 nitrogen and oxygen atoms in total. The molecule has 1 heterocycles. The van der Waals surface area contributed by atoms with Crippen LogP contribution < -0.4 is 5.32 Å². The summed E-state index contributed by atoms with van der Waals surface area (Å²) in [5.74, 6) is 0.306. The predicted molar refractivity (Wildman–Crippen MR) is 96.1 cm³/mol. The fourth-order valence-electron chi connectivity index (χ4n) is 1.79. The minimum atomic E-state index is -0.700. The Hall–Kier alpha value is -1.08. The van der Waals surface area contributed by atoms with Gasteiger partial charge in [0.25, 0.3) is 0 Å². The van der Waals surface area contributed by atoms with Crippen molar-refractivity contribution in [3.8, 4) is 0 Å². The summed E-state index contributed by atoms with van der Waals surface area (Å²) in [5, 5.41) is 16.6. The van der Waals surface area contributed by atoms with Crippen molar-refractivity contribution in [2.75, 3.05) is 19.8 Å². The van der Waals surface area contributed by atoms with Crippen molar-refractivity contribution in [2.45, 2.75) is 70.0 Å². The van der Waals surface area contributed by atoms with Crippen LogP contribution in [-0.2, 0) is 10.3 Å². The lowest BCUT2D eigenvalue weighted by atomic mass is 10.0. The zero-order chi connectivity index (χ0) is 17.7. The second kappa shape index (κ2) is 12.4. The Morgan fingerprint density at radius 1 is 1.30 bits per heavy atom. The van der Waals surface area contributed by atoms with Crippen LogP contribution in [-0.4, -0.2) is 45.7 Å². The highest BCUT2D eigenvalue weighted by atomic mass is 32.2. The average Bonchev–Trinajstić information content (AvgIpc) is 2.96. The van der Waals surface area contributed by atoms with E-state index in [1.54, 1.807) is 18.1 Å². The van der Waals surface area contributed by atoms with E-state index in [9.17, 15) is 4.79 Å². The Kier molecular flexibility index (Phi) is 11.8. The second-order valence-corrected chi connectivity index (χ2v) is 7.09. The molecule has 0 radical (unpaired) electrons. The minimum absolute atomic E-state index is 0.000318. The number of hydrogen-bond acceptors (Lipinski definition) is 5. The Morgan fingerprint density at radius 3 is 2.48 bits per heavy atom. The van der Waals surface area contributed by atoms with E-state index in [0.717, 1.165) is 43.0 Å². The summed E-state index contributed by atoms with van der Waals surface area (Å²) in [7, 11) is 3.75. The van der Waals surface area contributed by atoms with Gasteiger partial charge in [0.1, 0.15) is 6.33 Å². The first kappa shape index (κ1) is 21.9. The molecule has 0 unspecified atom stereocenters. The summed E-state index contributed by atoms with van der Waals surface area (Å²) in [6.45, 7) is 6.48. The quantitative estimate of drug-likeness (QED) is 0.500. The summed E-state index contributed by atoms with van der Waals surface area (Å²) in [5.41, 5.74) is 0.000318. The number of carboxylic acids is 1. The molecule has 0 bridgehead atoms. The molecule has 0 atom stereocenters. The van der Waals surface area contributed by atoms with Crippen molar-refractivity contribution >= 4 is 17.7 Å². The number of aliphatic carboxylic acids is 1. The number of nitrogens with one attached hydrogen (secondary N) is 1. The molecule has 0 amide bonds. The van der Waals surface area contributed by atoms with E-state index >= 15 is 0 Å². The summed E-state index contributed by atoms with van der Waals surface area (Å²) < 4.78 is 2.00. The van der Waals surface area contributed by atoms with Gasteiger partial charge in [0, 0.05) is 12.2 Å². The van der Waals surface area contributed by atoms with Crippen LogP contribution in [0.2, 0.25) is 0 Å². The first-order valence-corrected chi connectivity index (χ1v) is 9.21. The van der Waals surface area contributed by atoms with Crippen LogP contribution >= 0.6 is 11.8 Å². The first-order chi connectivity index (χ1) is 10.9. The van der Waals surface area contributed by atoms with E-state index in [0.29, 0.717) is 0 Å². The zero-order valence-corrected chi connectivity index (χ0v) is 15.9. The highest BCUT2D eigenvalue weighted by molar-refractivity contribution is 7.99. The van der Waals surface area contributed by atoms with Crippen molar-refractivity contribution in [1.29, 1.82) is 0 Å². The Bertz CT molecular complexity index is 435. The molecule has 134 valence electrons. The molecule has 0 aliphatic heterocycles. The van der Waals surface area contributed by atoms with Crippen molar-refractivity contribution in [1.82, 2.24) is 20.1 Å². The lowest BCUT2D eigenvalue weighted by molar-refractivity contribution is -0.137. The molecule has 2 N–H and O–H groups in total.